The highest BCUT2D eigenvalue weighted by Crippen LogP contribution is 2.30. The first-order valence-corrected chi connectivity index (χ1v) is 10.0. The van der Waals surface area contributed by atoms with Gasteiger partial charge in [-0.2, -0.15) is 5.10 Å². The highest BCUT2D eigenvalue weighted by molar-refractivity contribution is 14.1. The molecular weight excluding hydrogens is 512 g/mol. The number of benzene rings is 1. The number of nitrogens with one attached hydrogen (secondary N) is 1. The van der Waals surface area contributed by atoms with Crippen LogP contribution < -0.4 is 10.9 Å². The Morgan fingerprint density at radius 3 is 2.72 bits per heavy atom. The molecule has 0 aliphatic carbocycles. The molecule has 0 saturated carbocycles. The summed E-state index contributed by atoms with van der Waals surface area (Å²) in [4.78, 5) is 32.0. The van der Waals surface area contributed by atoms with Crippen LogP contribution in [-0.2, 0) is 11.3 Å². The second-order valence-electron chi connectivity index (χ2n) is 6.52. The van der Waals surface area contributed by atoms with E-state index in [1.54, 1.807) is 6.07 Å². The van der Waals surface area contributed by atoms with Gasteiger partial charge in [0.05, 0.1) is 11.9 Å². The molecule has 2 aromatic heterocycles. The zero-order valence-electron chi connectivity index (χ0n) is 15.5. The van der Waals surface area contributed by atoms with Crippen LogP contribution >= 0.6 is 34.2 Å². The number of anilines is 1. The molecule has 3 rings (SSSR count). The van der Waals surface area contributed by atoms with Crippen LogP contribution in [0.3, 0.4) is 0 Å². The summed E-state index contributed by atoms with van der Waals surface area (Å²) in [6.45, 7) is 3.49. The van der Waals surface area contributed by atoms with Gasteiger partial charge in [-0.15, -0.1) is 0 Å². The van der Waals surface area contributed by atoms with Crippen LogP contribution in [-0.4, -0.2) is 25.7 Å². The predicted molar refractivity (Wildman–Crippen MR) is 116 cm³/mol. The summed E-state index contributed by atoms with van der Waals surface area (Å²) in [5.74, 6) is -1.67. The van der Waals surface area contributed by atoms with Crippen LogP contribution in [0.1, 0.15) is 25.5 Å². The van der Waals surface area contributed by atoms with Crippen LogP contribution in [0, 0.1) is 9.39 Å². The maximum absolute atomic E-state index is 13.6. The summed E-state index contributed by atoms with van der Waals surface area (Å²) in [5.41, 5.74) is 1.61. The van der Waals surface area contributed by atoms with Gasteiger partial charge >= 0.3 is 0 Å². The summed E-state index contributed by atoms with van der Waals surface area (Å²) in [6.07, 6.45) is 2.05. The summed E-state index contributed by atoms with van der Waals surface area (Å²) in [6, 6.07) is 6.92. The lowest BCUT2D eigenvalue weighted by Gasteiger charge is -2.15. The molecule has 2 heterocycles. The van der Waals surface area contributed by atoms with E-state index in [1.807, 2.05) is 26.0 Å². The van der Waals surface area contributed by atoms with Crippen molar-refractivity contribution in [2.45, 2.75) is 26.3 Å². The second kappa shape index (κ2) is 8.95. The second-order valence-corrected chi connectivity index (χ2v) is 8.20. The van der Waals surface area contributed by atoms with Crippen molar-refractivity contribution in [1.82, 2.24) is 19.7 Å². The number of rotatable bonds is 5. The number of aromatic nitrogens is 4. The molecule has 0 spiro atoms. The first-order valence-electron chi connectivity index (χ1n) is 8.58. The molecule has 0 aliphatic heterocycles. The van der Waals surface area contributed by atoms with Gasteiger partial charge in [-0.05, 0) is 52.3 Å². The van der Waals surface area contributed by atoms with E-state index >= 15 is 0 Å². The quantitative estimate of drug-likeness (QED) is 0.509. The highest BCUT2D eigenvalue weighted by atomic mass is 127. The van der Waals surface area contributed by atoms with Gasteiger partial charge in [0, 0.05) is 20.2 Å². The summed E-state index contributed by atoms with van der Waals surface area (Å²) < 4.78 is 15.6. The van der Waals surface area contributed by atoms with E-state index in [1.165, 1.54) is 6.07 Å². The highest BCUT2D eigenvalue weighted by Gasteiger charge is 2.17. The van der Waals surface area contributed by atoms with E-state index in [9.17, 15) is 14.0 Å². The fraction of sp³-hybridized carbons (Fsp3) is 0.211. The Morgan fingerprint density at radius 2 is 2.07 bits per heavy atom. The summed E-state index contributed by atoms with van der Waals surface area (Å²) in [5, 5.41) is 7.25. The molecule has 0 atom stereocenters. The molecule has 150 valence electrons. The summed E-state index contributed by atoms with van der Waals surface area (Å²) >= 11 is 8.31. The minimum Gasteiger partial charge on any atom is -0.307 e. The molecule has 0 aliphatic rings. The van der Waals surface area contributed by atoms with Gasteiger partial charge in [0.25, 0.3) is 5.56 Å². The average molecular weight is 528 g/mol. The van der Waals surface area contributed by atoms with Crippen molar-refractivity contribution in [2.24, 2.45) is 0 Å². The van der Waals surface area contributed by atoms with Gasteiger partial charge in [0.1, 0.15) is 12.9 Å². The van der Waals surface area contributed by atoms with E-state index in [2.05, 4.69) is 43.0 Å². The molecule has 0 radical (unpaired) electrons. The largest absolute Gasteiger partial charge is 0.307 e. The maximum atomic E-state index is 13.6. The number of amides is 1. The third-order valence-electron chi connectivity index (χ3n) is 3.97. The van der Waals surface area contributed by atoms with Crippen molar-refractivity contribution < 1.29 is 9.18 Å². The Morgan fingerprint density at radius 1 is 1.31 bits per heavy atom. The van der Waals surface area contributed by atoms with E-state index < -0.39 is 17.3 Å². The molecule has 0 fully saturated rings. The fourth-order valence-corrected chi connectivity index (χ4v) is 3.79. The normalized spacial score (nSPS) is 11.0. The number of carbonyl (C=O) groups is 1. The van der Waals surface area contributed by atoms with Gasteiger partial charge < -0.3 is 5.32 Å². The third-order valence-corrected chi connectivity index (χ3v) is 4.81. The monoisotopic (exact) mass is 527 g/mol. The van der Waals surface area contributed by atoms with E-state index in [4.69, 9.17) is 11.6 Å². The van der Waals surface area contributed by atoms with E-state index in [-0.39, 0.29) is 18.3 Å². The van der Waals surface area contributed by atoms with Gasteiger partial charge in [0.2, 0.25) is 5.91 Å². The minimum atomic E-state index is -0.769. The molecule has 29 heavy (non-hydrogen) atoms. The zero-order valence-corrected chi connectivity index (χ0v) is 18.4. The molecular formula is C19H16ClFIN5O2. The Kier molecular flexibility index (Phi) is 6.58. The van der Waals surface area contributed by atoms with Crippen molar-refractivity contribution in [3.63, 3.8) is 0 Å². The molecule has 0 saturated heterocycles. The molecule has 10 heteroatoms. The number of hydrogen-bond donors (Lipinski definition) is 1. The van der Waals surface area contributed by atoms with Crippen molar-refractivity contribution >= 4 is 45.9 Å². The van der Waals surface area contributed by atoms with Crippen LogP contribution in [0.15, 0.2) is 41.6 Å². The first kappa shape index (κ1) is 21.3. The Labute approximate surface area is 184 Å². The Balaban J connectivity index is 1.95. The van der Waals surface area contributed by atoms with Crippen LogP contribution in [0.5, 0.6) is 0 Å². The lowest BCUT2D eigenvalue weighted by molar-refractivity contribution is -0.117. The molecule has 3 aromatic rings. The molecule has 1 N–H and O–H groups in total. The van der Waals surface area contributed by atoms with Crippen LogP contribution in [0.25, 0.3) is 11.1 Å². The van der Waals surface area contributed by atoms with Crippen molar-refractivity contribution in [3.05, 3.63) is 67.2 Å². The molecule has 0 bridgehead atoms. The minimum absolute atomic E-state index is 0.0177. The smallest absolute Gasteiger partial charge is 0.267 e. The molecule has 7 nitrogen and oxygen atoms in total. The van der Waals surface area contributed by atoms with Gasteiger partial charge in [-0.25, -0.2) is 19.0 Å². The lowest BCUT2D eigenvalue weighted by Crippen LogP contribution is -2.31. The predicted octanol–water partition coefficient (Wildman–Crippen LogP) is 3.86. The summed E-state index contributed by atoms with van der Waals surface area (Å²) in [7, 11) is 0. The Hall–Kier alpha value is -2.40. The van der Waals surface area contributed by atoms with Crippen LogP contribution in [0.2, 0.25) is 5.02 Å². The maximum Gasteiger partial charge on any atom is 0.267 e. The van der Waals surface area contributed by atoms with Crippen LogP contribution in [0.4, 0.5) is 10.2 Å². The van der Waals surface area contributed by atoms with Crippen molar-refractivity contribution in [2.75, 3.05) is 5.32 Å². The molecule has 0 unspecified atom stereocenters. The zero-order chi connectivity index (χ0) is 21.1. The van der Waals surface area contributed by atoms with E-state index in [0.29, 0.717) is 16.3 Å². The number of hydrogen-bond acceptors (Lipinski definition) is 5. The number of halogens is 3. The van der Waals surface area contributed by atoms with Gasteiger partial charge in [-0.3, -0.25) is 9.59 Å². The topological polar surface area (TPSA) is 89.8 Å². The first-order chi connectivity index (χ1) is 13.7. The standard InChI is InChI=1S/C19H16ClFIN5O2/c1-10(2)18-14(11-3-12(20)5-13(22)4-11)6-17(29)27(26-18)8-16(28)25-19-15(21)7-23-9-24-19/h3-7,9-10H,8H2,1-2H3,(H,23,24,25,28). The SMILES string of the molecule is CC(C)c1nn(CC(=O)Nc2ncncc2F)c(=O)cc1-c1cc(Cl)cc(I)c1. The van der Waals surface area contributed by atoms with Gasteiger partial charge in [-0.1, -0.05) is 25.4 Å². The Bertz CT molecular complexity index is 1120. The molecule has 1 aromatic carbocycles. The number of nitrogens with zero attached hydrogens (tertiary/aromatic N) is 4. The molecule has 1 amide bonds. The average Bonchev–Trinajstić information content (AvgIpc) is 2.64. The number of carbonyl (C=O) groups excluding carboxylic acids is 1. The van der Waals surface area contributed by atoms with Crippen molar-refractivity contribution in [3.8, 4) is 11.1 Å². The van der Waals surface area contributed by atoms with E-state index in [0.717, 1.165) is 26.3 Å². The lowest BCUT2D eigenvalue weighted by atomic mass is 9.98. The third kappa shape index (κ3) is 5.15. The fourth-order valence-electron chi connectivity index (χ4n) is 2.70. The van der Waals surface area contributed by atoms with Gasteiger partial charge in [0.15, 0.2) is 11.6 Å². The van der Waals surface area contributed by atoms with Crippen molar-refractivity contribution in [1.29, 1.82) is 0 Å².